The van der Waals surface area contributed by atoms with Gasteiger partial charge in [0.1, 0.15) is 11.9 Å². The smallest absolute Gasteiger partial charge is 0.259 e. The van der Waals surface area contributed by atoms with E-state index in [9.17, 15) is 14.4 Å². The summed E-state index contributed by atoms with van der Waals surface area (Å²) in [7, 11) is 0. The van der Waals surface area contributed by atoms with Crippen molar-refractivity contribution in [1.82, 2.24) is 14.7 Å². The number of carbonyl (C=O) groups is 1. The SMILES string of the molecule is Cc1c(C(=O)Nc2ccc(SCCCCN3CCOCC3)c(C#N)c2)cnn1-c1ccc(F)cc1. The van der Waals surface area contributed by atoms with Gasteiger partial charge in [0.15, 0.2) is 0 Å². The van der Waals surface area contributed by atoms with E-state index < -0.39 is 0 Å². The summed E-state index contributed by atoms with van der Waals surface area (Å²) in [5.74, 6) is 0.287. The molecule has 1 aliphatic rings. The van der Waals surface area contributed by atoms with Gasteiger partial charge in [-0.05, 0) is 74.5 Å². The van der Waals surface area contributed by atoms with Crippen molar-refractivity contribution < 1.29 is 13.9 Å². The Morgan fingerprint density at radius 3 is 2.71 bits per heavy atom. The van der Waals surface area contributed by atoms with E-state index >= 15 is 0 Å². The van der Waals surface area contributed by atoms with Crippen molar-refractivity contribution in [3.05, 3.63) is 71.3 Å². The number of anilines is 1. The number of carbonyl (C=O) groups excluding carboxylic acids is 1. The van der Waals surface area contributed by atoms with Gasteiger partial charge in [-0.2, -0.15) is 10.4 Å². The molecular weight excluding hydrogens is 465 g/mol. The van der Waals surface area contributed by atoms with E-state index in [2.05, 4.69) is 21.4 Å². The Balaban J connectivity index is 1.33. The molecule has 3 aromatic rings. The molecule has 1 amide bonds. The van der Waals surface area contributed by atoms with E-state index in [-0.39, 0.29) is 11.7 Å². The van der Waals surface area contributed by atoms with Crippen LogP contribution in [0.3, 0.4) is 0 Å². The highest BCUT2D eigenvalue weighted by atomic mass is 32.2. The van der Waals surface area contributed by atoms with Crippen LogP contribution >= 0.6 is 11.8 Å². The highest BCUT2D eigenvalue weighted by molar-refractivity contribution is 7.99. The highest BCUT2D eigenvalue weighted by Gasteiger charge is 2.16. The first-order valence-corrected chi connectivity index (χ1v) is 12.6. The standard InChI is InChI=1S/C26H28FN5O2S/c1-19-24(18-29-32(19)23-7-4-21(27)5-8-23)26(33)30-22-6-9-25(20(16-22)17-28)35-15-3-2-10-31-11-13-34-14-12-31/h4-9,16,18H,2-3,10-15H2,1H3,(H,30,33). The van der Waals surface area contributed by atoms with E-state index in [0.717, 1.165) is 56.3 Å². The Labute approximate surface area is 208 Å². The van der Waals surface area contributed by atoms with Crippen LogP contribution in [0.15, 0.2) is 53.6 Å². The Bertz CT molecular complexity index is 1200. The topological polar surface area (TPSA) is 83.2 Å². The minimum atomic E-state index is -0.334. The van der Waals surface area contributed by atoms with Gasteiger partial charge in [0.25, 0.3) is 5.91 Å². The Kier molecular flexibility index (Phi) is 8.53. The molecular formula is C26H28FN5O2S. The normalized spacial score (nSPS) is 14.0. The molecule has 0 unspecified atom stereocenters. The summed E-state index contributed by atoms with van der Waals surface area (Å²) in [6.45, 7) is 6.51. The molecule has 0 bridgehead atoms. The number of morpholine rings is 1. The average Bonchev–Trinajstić information content (AvgIpc) is 3.27. The minimum absolute atomic E-state index is 0.316. The number of amides is 1. The maximum atomic E-state index is 13.2. The van der Waals surface area contributed by atoms with Gasteiger partial charge >= 0.3 is 0 Å². The summed E-state index contributed by atoms with van der Waals surface area (Å²) in [4.78, 5) is 16.2. The maximum absolute atomic E-state index is 13.2. The molecule has 1 fully saturated rings. The van der Waals surface area contributed by atoms with Gasteiger partial charge in [-0.15, -0.1) is 11.8 Å². The first kappa shape index (κ1) is 24.9. The second-order valence-electron chi connectivity index (χ2n) is 8.32. The largest absolute Gasteiger partial charge is 0.379 e. The molecule has 1 N–H and O–H groups in total. The van der Waals surface area contributed by atoms with Gasteiger partial charge in [-0.25, -0.2) is 9.07 Å². The Morgan fingerprint density at radius 2 is 1.97 bits per heavy atom. The first-order chi connectivity index (χ1) is 17.0. The lowest BCUT2D eigenvalue weighted by Gasteiger charge is -2.26. The molecule has 1 aliphatic heterocycles. The van der Waals surface area contributed by atoms with Gasteiger partial charge < -0.3 is 10.1 Å². The molecule has 1 aromatic heterocycles. The van der Waals surface area contributed by atoms with Crippen LogP contribution in [0.25, 0.3) is 5.69 Å². The van der Waals surface area contributed by atoms with Crippen molar-refractivity contribution in [3.63, 3.8) is 0 Å². The number of nitrogens with one attached hydrogen (secondary N) is 1. The lowest BCUT2D eigenvalue weighted by atomic mass is 10.2. The van der Waals surface area contributed by atoms with Crippen LogP contribution in [0, 0.1) is 24.1 Å². The van der Waals surface area contributed by atoms with Crippen LogP contribution in [0.2, 0.25) is 0 Å². The molecule has 0 radical (unpaired) electrons. The molecule has 4 rings (SSSR count). The van der Waals surface area contributed by atoms with Crippen molar-refractivity contribution in [1.29, 1.82) is 5.26 Å². The lowest BCUT2D eigenvalue weighted by Crippen LogP contribution is -2.36. The van der Waals surface area contributed by atoms with Gasteiger partial charge in [-0.1, -0.05) is 0 Å². The molecule has 2 aromatic carbocycles. The lowest BCUT2D eigenvalue weighted by molar-refractivity contribution is 0.0374. The molecule has 1 saturated heterocycles. The summed E-state index contributed by atoms with van der Waals surface area (Å²) in [6, 6.07) is 13.6. The van der Waals surface area contributed by atoms with E-state index in [1.807, 2.05) is 12.1 Å². The molecule has 0 atom stereocenters. The number of rotatable bonds is 9. The number of aromatic nitrogens is 2. The number of nitriles is 1. The number of nitrogens with zero attached hydrogens (tertiary/aromatic N) is 4. The summed E-state index contributed by atoms with van der Waals surface area (Å²) >= 11 is 1.67. The third-order valence-corrected chi connectivity index (χ3v) is 7.07. The van der Waals surface area contributed by atoms with Gasteiger partial charge in [0.05, 0.1) is 41.9 Å². The van der Waals surface area contributed by atoms with E-state index in [0.29, 0.717) is 28.2 Å². The zero-order valence-electron chi connectivity index (χ0n) is 19.7. The van der Waals surface area contributed by atoms with E-state index in [4.69, 9.17) is 4.74 Å². The van der Waals surface area contributed by atoms with Crippen LogP contribution in [-0.2, 0) is 4.74 Å². The minimum Gasteiger partial charge on any atom is -0.379 e. The van der Waals surface area contributed by atoms with Gasteiger partial charge in [-0.3, -0.25) is 9.69 Å². The fraction of sp³-hybridized carbons (Fsp3) is 0.346. The molecule has 0 aliphatic carbocycles. The molecule has 7 nitrogen and oxygen atoms in total. The number of benzene rings is 2. The van der Waals surface area contributed by atoms with Crippen LogP contribution < -0.4 is 5.32 Å². The average molecular weight is 494 g/mol. The zero-order chi connectivity index (χ0) is 24.6. The number of thioether (sulfide) groups is 1. The second-order valence-corrected chi connectivity index (χ2v) is 9.46. The van der Waals surface area contributed by atoms with Crippen LogP contribution in [0.5, 0.6) is 0 Å². The molecule has 9 heteroatoms. The summed E-state index contributed by atoms with van der Waals surface area (Å²) < 4.78 is 20.2. The highest BCUT2D eigenvalue weighted by Crippen LogP contribution is 2.27. The number of hydrogen-bond donors (Lipinski definition) is 1. The monoisotopic (exact) mass is 493 g/mol. The van der Waals surface area contributed by atoms with Gasteiger partial charge in [0.2, 0.25) is 0 Å². The summed E-state index contributed by atoms with van der Waals surface area (Å²) in [5.41, 5.74) is 2.81. The molecule has 35 heavy (non-hydrogen) atoms. The molecule has 0 saturated carbocycles. The maximum Gasteiger partial charge on any atom is 0.259 e. The third-order valence-electron chi connectivity index (χ3n) is 5.91. The van der Waals surface area contributed by atoms with Crippen LogP contribution in [0.4, 0.5) is 10.1 Å². The van der Waals surface area contributed by atoms with Crippen molar-refractivity contribution in [3.8, 4) is 11.8 Å². The second kappa shape index (κ2) is 12.0. The van der Waals surface area contributed by atoms with Crippen molar-refractivity contribution >= 4 is 23.4 Å². The summed E-state index contributed by atoms with van der Waals surface area (Å²) in [6.07, 6.45) is 3.68. The van der Waals surface area contributed by atoms with E-state index in [1.165, 1.54) is 18.3 Å². The van der Waals surface area contributed by atoms with Crippen LogP contribution in [0.1, 0.15) is 34.5 Å². The number of unbranched alkanes of at least 4 members (excludes halogenated alkanes) is 1. The predicted molar refractivity (Wildman–Crippen MR) is 135 cm³/mol. The van der Waals surface area contributed by atoms with Crippen molar-refractivity contribution in [2.24, 2.45) is 0 Å². The zero-order valence-corrected chi connectivity index (χ0v) is 20.5. The predicted octanol–water partition coefficient (Wildman–Crippen LogP) is 4.65. The molecule has 0 spiro atoms. The fourth-order valence-electron chi connectivity index (χ4n) is 3.94. The number of ether oxygens (including phenoxy) is 1. The third kappa shape index (κ3) is 6.48. The van der Waals surface area contributed by atoms with Crippen molar-refractivity contribution in [2.75, 3.05) is 43.9 Å². The first-order valence-electron chi connectivity index (χ1n) is 11.6. The van der Waals surface area contributed by atoms with E-state index in [1.54, 1.807) is 41.6 Å². The Hall–Kier alpha value is -3.19. The van der Waals surface area contributed by atoms with Crippen LogP contribution in [-0.4, -0.2) is 59.2 Å². The molecule has 2 heterocycles. The summed E-state index contributed by atoms with van der Waals surface area (Å²) in [5, 5.41) is 16.8. The van der Waals surface area contributed by atoms with Crippen molar-refractivity contribution in [2.45, 2.75) is 24.7 Å². The fourth-order valence-corrected chi connectivity index (χ4v) is 4.93. The number of halogens is 1. The Morgan fingerprint density at radius 1 is 1.20 bits per heavy atom. The number of hydrogen-bond acceptors (Lipinski definition) is 6. The van der Waals surface area contributed by atoms with Gasteiger partial charge in [0, 0.05) is 23.7 Å². The molecule has 182 valence electrons. The quantitative estimate of drug-likeness (QED) is 0.345.